The van der Waals surface area contributed by atoms with E-state index in [1.807, 2.05) is 29.5 Å². The van der Waals surface area contributed by atoms with Crippen LogP contribution in [0, 0.1) is 6.92 Å². The minimum absolute atomic E-state index is 0.856. The van der Waals surface area contributed by atoms with E-state index in [1.54, 1.807) is 6.20 Å². The molecule has 2 aromatic rings. The fourth-order valence-electron chi connectivity index (χ4n) is 1.76. The van der Waals surface area contributed by atoms with Gasteiger partial charge in [-0.05, 0) is 26.0 Å². The normalized spacial score (nSPS) is 10.9. The van der Waals surface area contributed by atoms with Gasteiger partial charge in [-0.15, -0.1) is 5.10 Å². The Morgan fingerprint density at radius 2 is 2.29 bits per heavy atom. The summed E-state index contributed by atoms with van der Waals surface area (Å²) in [4.78, 5) is 0. The van der Waals surface area contributed by atoms with Gasteiger partial charge in [0.1, 0.15) is 0 Å². The second-order valence-corrected chi connectivity index (χ2v) is 4.10. The summed E-state index contributed by atoms with van der Waals surface area (Å²) in [5, 5.41) is 15.4. The molecular formula is C11H18N6. The van der Waals surface area contributed by atoms with Crippen LogP contribution in [0.4, 0.5) is 0 Å². The van der Waals surface area contributed by atoms with Crippen LogP contribution in [0.15, 0.2) is 18.5 Å². The lowest BCUT2D eigenvalue weighted by atomic mass is 10.3. The Hall–Kier alpha value is -1.69. The Bertz CT molecular complexity index is 444. The molecule has 0 unspecified atom stereocenters. The molecular weight excluding hydrogens is 216 g/mol. The first-order valence-electron chi connectivity index (χ1n) is 5.80. The summed E-state index contributed by atoms with van der Waals surface area (Å²) in [7, 11) is 1.97. The zero-order valence-corrected chi connectivity index (χ0v) is 10.3. The van der Waals surface area contributed by atoms with E-state index in [0.717, 1.165) is 31.7 Å². The van der Waals surface area contributed by atoms with E-state index in [2.05, 4.69) is 26.8 Å². The topological polar surface area (TPSA) is 60.6 Å². The molecule has 0 aromatic carbocycles. The van der Waals surface area contributed by atoms with E-state index in [4.69, 9.17) is 0 Å². The molecule has 2 rings (SSSR count). The van der Waals surface area contributed by atoms with Crippen LogP contribution in [-0.2, 0) is 20.1 Å². The standard InChI is InChI=1S/C11H18N6/c1-10-8-11(16(2)14-10)9-12-4-3-6-17-7-5-13-15-17/h5,7-8,12H,3-4,6,9H2,1-2H3. The molecule has 0 saturated carbocycles. The Labute approximate surface area is 101 Å². The van der Waals surface area contributed by atoms with Crippen molar-refractivity contribution < 1.29 is 0 Å². The number of nitrogens with one attached hydrogen (secondary N) is 1. The van der Waals surface area contributed by atoms with E-state index in [0.29, 0.717) is 0 Å². The number of hydrogen-bond donors (Lipinski definition) is 1. The number of aryl methyl sites for hydroxylation is 3. The molecule has 0 spiro atoms. The summed E-state index contributed by atoms with van der Waals surface area (Å²) in [6.07, 6.45) is 4.62. The highest BCUT2D eigenvalue weighted by Gasteiger charge is 2.00. The SMILES string of the molecule is Cc1cc(CNCCCn2ccnn2)n(C)n1. The third kappa shape index (κ3) is 3.39. The predicted molar refractivity (Wildman–Crippen MR) is 64.3 cm³/mol. The number of aromatic nitrogens is 5. The van der Waals surface area contributed by atoms with Gasteiger partial charge in [-0.2, -0.15) is 5.10 Å². The van der Waals surface area contributed by atoms with Crippen molar-refractivity contribution in [1.82, 2.24) is 30.1 Å². The minimum atomic E-state index is 0.856. The van der Waals surface area contributed by atoms with Crippen molar-refractivity contribution in [3.8, 4) is 0 Å². The fourth-order valence-corrected chi connectivity index (χ4v) is 1.76. The van der Waals surface area contributed by atoms with Gasteiger partial charge < -0.3 is 5.32 Å². The smallest absolute Gasteiger partial charge is 0.0692 e. The third-order valence-corrected chi connectivity index (χ3v) is 2.62. The van der Waals surface area contributed by atoms with Gasteiger partial charge in [-0.25, -0.2) is 0 Å². The monoisotopic (exact) mass is 234 g/mol. The first kappa shape index (κ1) is 11.8. The van der Waals surface area contributed by atoms with Crippen molar-refractivity contribution in [2.45, 2.75) is 26.4 Å². The van der Waals surface area contributed by atoms with Crippen molar-refractivity contribution >= 4 is 0 Å². The Balaban J connectivity index is 1.65. The molecule has 0 bridgehead atoms. The first-order valence-corrected chi connectivity index (χ1v) is 5.80. The lowest BCUT2D eigenvalue weighted by Gasteiger charge is -2.04. The quantitative estimate of drug-likeness (QED) is 0.739. The van der Waals surface area contributed by atoms with Gasteiger partial charge in [0, 0.05) is 26.3 Å². The van der Waals surface area contributed by atoms with Gasteiger partial charge in [0.2, 0.25) is 0 Å². The highest BCUT2D eigenvalue weighted by atomic mass is 15.4. The molecule has 0 saturated heterocycles. The van der Waals surface area contributed by atoms with E-state index in [9.17, 15) is 0 Å². The fraction of sp³-hybridized carbons (Fsp3) is 0.545. The summed E-state index contributed by atoms with van der Waals surface area (Å²) in [5.74, 6) is 0. The second-order valence-electron chi connectivity index (χ2n) is 4.10. The van der Waals surface area contributed by atoms with E-state index in [-0.39, 0.29) is 0 Å². The van der Waals surface area contributed by atoms with Crippen LogP contribution in [0.3, 0.4) is 0 Å². The molecule has 0 atom stereocenters. The zero-order chi connectivity index (χ0) is 12.1. The summed E-state index contributed by atoms with van der Waals surface area (Å²) in [6.45, 7) is 4.73. The van der Waals surface area contributed by atoms with E-state index in [1.165, 1.54) is 5.69 Å². The van der Waals surface area contributed by atoms with Crippen molar-refractivity contribution in [1.29, 1.82) is 0 Å². The number of rotatable bonds is 6. The molecule has 0 fully saturated rings. The maximum absolute atomic E-state index is 4.30. The molecule has 0 radical (unpaired) electrons. The zero-order valence-electron chi connectivity index (χ0n) is 10.3. The second kappa shape index (κ2) is 5.58. The van der Waals surface area contributed by atoms with Crippen molar-refractivity contribution in [3.05, 3.63) is 29.8 Å². The molecule has 0 amide bonds. The van der Waals surface area contributed by atoms with Crippen LogP contribution in [0.25, 0.3) is 0 Å². The maximum Gasteiger partial charge on any atom is 0.0692 e. The molecule has 92 valence electrons. The van der Waals surface area contributed by atoms with Crippen LogP contribution < -0.4 is 5.32 Å². The number of nitrogens with zero attached hydrogens (tertiary/aromatic N) is 5. The predicted octanol–water partition coefficient (Wildman–Crippen LogP) is 0.500. The van der Waals surface area contributed by atoms with Crippen molar-refractivity contribution in [2.24, 2.45) is 7.05 Å². The van der Waals surface area contributed by atoms with Crippen LogP contribution in [0.2, 0.25) is 0 Å². The van der Waals surface area contributed by atoms with Crippen molar-refractivity contribution in [3.63, 3.8) is 0 Å². The molecule has 1 N–H and O–H groups in total. The average Bonchev–Trinajstić information content (AvgIpc) is 2.89. The molecule has 0 aliphatic rings. The summed E-state index contributed by atoms with van der Waals surface area (Å²) < 4.78 is 3.76. The maximum atomic E-state index is 4.30. The molecule has 2 heterocycles. The van der Waals surface area contributed by atoms with Crippen LogP contribution in [0.1, 0.15) is 17.8 Å². The van der Waals surface area contributed by atoms with Gasteiger partial charge >= 0.3 is 0 Å². The van der Waals surface area contributed by atoms with Crippen LogP contribution in [0.5, 0.6) is 0 Å². The van der Waals surface area contributed by atoms with E-state index >= 15 is 0 Å². The first-order chi connectivity index (χ1) is 8.25. The van der Waals surface area contributed by atoms with Gasteiger partial charge in [-0.1, -0.05) is 5.21 Å². The van der Waals surface area contributed by atoms with Crippen molar-refractivity contribution in [2.75, 3.05) is 6.54 Å². The Kier molecular flexibility index (Phi) is 3.87. The summed E-state index contributed by atoms with van der Waals surface area (Å²) in [6, 6.07) is 2.10. The largest absolute Gasteiger partial charge is 0.311 e. The highest BCUT2D eigenvalue weighted by Crippen LogP contribution is 2.00. The van der Waals surface area contributed by atoms with Crippen LogP contribution in [-0.4, -0.2) is 31.3 Å². The lowest BCUT2D eigenvalue weighted by Crippen LogP contribution is -2.18. The average molecular weight is 234 g/mol. The lowest BCUT2D eigenvalue weighted by molar-refractivity contribution is 0.523. The molecule has 6 heteroatoms. The Morgan fingerprint density at radius 3 is 2.94 bits per heavy atom. The third-order valence-electron chi connectivity index (χ3n) is 2.62. The molecule has 6 nitrogen and oxygen atoms in total. The molecule has 17 heavy (non-hydrogen) atoms. The number of hydrogen-bond acceptors (Lipinski definition) is 4. The minimum Gasteiger partial charge on any atom is -0.311 e. The molecule has 2 aromatic heterocycles. The summed E-state index contributed by atoms with van der Waals surface area (Å²) in [5.41, 5.74) is 2.27. The molecule has 0 aliphatic heterocycles. The molecule has 0 aliphatic carbocycles. The van der Waals surface area contributed by atoms with Gasteiger partial charge in [0.05, 0.1) is 17.6 Å². The summed E-state index contributed by atoms with van der Waals surface area (Å²) >= 11 is 0. The Morgan fingerprint density at radius 1 is 1.41 bits per heavy atom. The van der Waals surface area contributed by atoms with Gasteiger partial charge in [-0.3, -0.25) is 9.36 Å². The van der Waals surface area contributed by atoms with Crippen LogP contribution >= 0.6 is 0 Å². The van der Waals surface area contributed by atoms with E-state index < -0.39 is 0 Å². The van der Waals surface area contributed by atoms with Gasteiger partial charge in [0.15, 0.2) is 0 Å². The van der Waals surface area contributed by atoms with Gasteiger partial charge in [0.25, 0.3) is 0 Å². The highest BCUT2D eigenvalue weighted by molar-refractivity contribution is 5.08.